The number of hydrogen-bond donors (Lipinski definition) is 1. The number of benzene rings is 2. The van der Waals surface area contributed by atoms with Gasteiger partial charge in [-0.3, -0.25) is 0 Å². The smallest absolute Gasteiger partial charge is 0.119 e. The summed E-state index contributed by atoms with van der Waals surface area (Å²) in [5.74, 6) is 0.802. The second-order valence-electron chi connectivity index (χ2n) is 6.92. The van der Waals surface area contributed by atoms with Crippen molar-refractivity contribution >= 4 is 0 Å². The van der Waals surface area contributed by atoms with Crippen LogP contribution in [0.4, 0.5) is 0 Å². The van der Waals surface area contributed by atoms with Crippen LogP contribution in [-0.2, 0) is 5.60 Å². The molecule has 3 aromatic rings. The van der Waals surface area contributed by atoms with Gasteiger partial charge in [0.25, 0.3) is 0 Å². The van der Waals surface area contributed by atoms with E-state index in [2.05, 4.69) is 32.0 Å². The lowest BCUT2D eigenvalue weighted by Crippen LogP contribution is -2.21. The Balaban J connectivity index is 2.15. The van der Waals surface area contributed by atoms with Crippen LogP contribution in [0.25, 0.3) is 16.9 Å². The molecule has 0 radical (unpaired) electrons. The van der Waals surface area contributed by atoms with E-state index >= 15 is 0 Å². The Labute approximate surface area is 155 Å². The topological polar surface area (TPSA) is 47.3 Å². The van der Waals surface area contributed by atoms with Gasteiger partial charge in [0.1, 0.15) is 11.4 Å². The quantitative estimate of drug-likeness (QED) is 0.690. The molecule has 1 heterocycles. The molecule has 3 rings (SSSR count). The van der Waals surface area contributed by atoms with E-state index in [9.17, 15) is 5.11 Å². The van der Waals surface area contributed by atoms with Crippen LogP contribution in [0.2, 0.25) is 0 Å². The van der Waals surface area contributed by atoms with Crippen molar-refractivity contribution in [2.45, 2.75) is 39.2 Å². The molecule has 26 heavy (non-hydrogen) atoms. The van der Waals surface area contributed by atoms with Crippen molar-refractivity contribution in [1.82, 2.24) is 9.78 Å². The molecule has 4 nitrogen and oxygen atoms in total. The molecule has 1 N–H and O–H groups in total. The minimum atomic E-state index is -0.953. The zero-order chi connectivity index (χ0) is 18.7. The molecule has 0 aliphatic rings. The van der Waals surface area contributed by atoms with Gasteiger partial charge < -0.3 is 9.84 Å². The standard InChI is InChI=1S/C22H26N2O2/c1-5-13-22(3,25)21-15-20(17-8-6-7-16(2)14-17)24(23-21)18-9-11-19(26-4)12-10-18/h6-12,14-15,25H,5,13H2,1-4H3. The van der Waals surface area contributed by atoms with Crippen LogP contribution in [0.5, 0.6) is 5.75 Å². The van der Waals surface area contributed by atoms with Crippen LogP contribution in [0.15, 0.2) is 54.6 Å². The minimum Gasteiger partial charge on any atom is -0.497 e. The third kappa shape index (κ3) is 3.65. The summed E-state index contributed by atoms with van der Waals surface area (Å²) in [5.41, 5.74) is 3.89. The van der Waals surface area contributed by atoms with Gasteiger partial charge in [0.15, 0.2) is 0 Å². The first kappa shape index (κ1) is 18.2. The lowest BCUT2D eigenvalue weighted by atomic mass is 9.96. The summed E-state index contributed by atoms with van der Waals surface area (Å²) >= 11 is 0. The molecule has 0 aliphatic heterocycles. The van der Waals surface area contributed by atoms with Crippen molar-refractivity contribution in [2.24, 2.45) is 0 Å². The number of nitrogens with zero attached hydrogens (tertiary/aromatic N) is 2. The Bertz CT molecular complexity index is 879. The lowest BCUT2D eigenvalue weighted by Gasteiger charge is -2.19. The van der Waals surface area contributed by atoms with E-state index in [1.165, 1.54) is 5.56 Å². The molecule has 136 valence electrons. The summed E-state index contributed by atoms with van der Waals surface area (Å²) in [5, 5.41) is 15.6. The van der Waals surface area contributed by atoms with E-state index < -0.39 is 5.60 Å². The summed E-state index contributed by atoms with van der Waals surface area (Å²) in [7, 11) is 1.65. The van der Waals surface area contributed by atoms with Gasteiger partial charge in [-0.2, -0.15) is 5.10 Å². The van der Waals surface area contributed by atoms with Crippen molar-refractivity contribution in [3.8, 4) is 22.7 Å². The monoisotopic (exact) mass is 350 g/mol. The molecule has 4 heteroatoms. The molecule has 0 amide bonds. The predicted octanol–water partition coefficient (Wildman–Crippen LogP) is 4.86. The molecule has 0 bridgehead atoms. The van der Waals surface area contributed by atoms with Gasteiger partial charge in [0.2, 0.25) is 0 Å². The van der Waals surface area contributed by atoms with Crippen LogP contribution in [0, 0.1) is 6.92 Å². The first-order chi connectivity index (χ1) is 12.4. The third-order valence-electron chi connectivity index (χ3n) is 4.63. The molecule has 0 aliphatic carbocycles. The minimum absolute atomic E-state index is 0.667. The molecule has 0 spiro atoms. The zero-order valence-corrected chi connectivity index (χ0v) is 15.9. The number of hydrogen-bond acceptors (Lipinski definition) is 3. The number of ether oxygens (including phenoxy) is 1. The Morgan fingerprint density at radius 2 is 1.85 bits per heavy atom. The molecular weight excluding hydrogens is 324 g/mol. The average molecular weight is 350 g/mol. The van der Waals surface area contributed by atoms with E-state index in [0.29, 0.717) is 12.1 Å². The first-order valence-corrected chi connectivity index (χ1v) is 8.99. The van der Waals surface area contributed by atoms with Gasteiger partial charge in [-0.1, -0.05) is 37.1 Å². The zero-order valence-electron chi connectivity index (χ0n) is 15.9. The Morgan fingerprint density at radius 3 is 2.46 bits per heavy atom. The van der Waals surface area contributed by atoms with Crippen LogP contribution in [0.3, 0.4) is 0 Å². The summed E-state index contributed by atoms with van der Waals surface area (Å²) in [4.78, 5) is 0. The van der Waals surface area contributed by atoms with Crippen molar-refractivity contribution < 1.29 is 9.84 Å². The summed E-state index contributed by atoms with van der Waals surface area (Å²) in [6.07, 6.45) is 1.56. The van der Waals surface area contributed by atoms with Crippen molar-refractivity contribution in [3.63, 3.8) is 0 Å². The number of aromatic nitrogens is 2. The van der Waals surface area contributed by atoms with Crippen LogP contribution in [-0.4, -0.2) is 22.0 Å². The van der Waals surface area contributed by atoms with Gasteiger partial charge in [-0.15, -0.1) is 0 Å². The molecular formula is C22H26N2O2. The van der Waals surface area contributed by atoms with Crippen molar-refractivity contribution in [3.05, 3.63) is 65.9 Å². The van der Waals surface area contributed by atoms with E-state index in [1.807, 2.05) is 48.0 Å². The highest BCUT2D eigenvalue weighted by molar-refractivity contribution is 5.64. The van der Waals surface area contributed by atoms with Gasteiger partial charge in [-0.05, 0) is 56.7 Å². The van der Waals surface area contributed by atoms with Crippen LogP contribution >= 0.6 is 0 Å². The van der Waals surface area contributed by atoms with E-state index in [1.54, 1.807) is 7.11 Å². The normalized spacial score (nSPS) is 13.4. The highest BCUT2D eigenvalue weighted by atomic mass is 16.5. The molecule has 1 aromatic heterocycles. The molecule has 0 saturated heterocycles. The Hall–Kier alpha value is -2.59. The number of aliphatic hydroxyl groups is 1. The highest BCUT2D eigenvalue weighted by Gasteiger charge is 2.27. The van der Waals surface area contributed by atoms with E-state index in [0.717, 1.165) is 29.1 Å². The predicted molar refractivity (Wildman–Crippen MR) is 105 cm³/mol. The maximum absolute atomic E-state index is 10.9. The number of methoxy groups -OCH3 is 1. The lowest BCUT2D eigenvalue weighted by molar-refractivity contribution is 0.0421. The van der Waals surface area contributed by atoms with E-state index in [-0.39, 0.29) is 0 Å². The van der Waals surface area contributed by atoms with Crippen molar-refractivity contribution in [1.29, 1.82) is 0 Å². The van der Waals surface area contributed by atoms with Gasteiger partial charge >= 0.3 is 0 Å². The van der Waals surface area contributed by atoms with Gasteiger partial charge in [-0.25, -0.2) is 4.68 Å². The fourth-order valence-electron chi connectivity index (χ4n) is 3.19. The average Bonchev–Trinajstić information content (AvgIpc) is 3.08. The summed E-state index contributed by atoms with van der Waals surface area (Å²) in [6.45, 7) is 5.97. The van der Waals surface area contributed by atoms with Gasteiger partial charge in [0.05, 0.1) is 24.2 Å². The second kappa shape index (κ2) is 7.34. The largest absolute Gasteiger partial charge is 0.497 e. The number of rotatable bonds is 6. The molecule has 1 unspecified atom stereocenters. The SMILES string of the molecule is CCCC(C)(O)c1cc(-c2cccc(C)c2)n(-c2ccc(OC)cc2)n1. The first-order valence-electron chi connectivity index (χ1n) is 8.99. The Morgan fingerprint density at radius 1 is 1.12 bits per heavy atom. The van der Waals surface area contributed by atoms with Crippen LogP contribution < -0.4 is 4.74 Å². The molecule has 0 fully saturated rings. The number of aryl methyl sites for hydroxylation is 1. The second-order valence-corrected chi connectivity index (χ2v) is 6.92. The molecule has 1 atom stereocenters. The molecule has 2 aromatic carbocycles. The highest BCUT2D eigenvalue weighted by Crippen LogP contribution is 2.31. The molecule has 0 saturated carbocycles. The van der Waals surface area contributed by atoms with Crippen molar-refractivity contribution in [2.75, 3.05) is 7.11 Å². The third-order valence-corrected chi connectivity index (χ3v) is 4.63. The fourth-order valence-corrected chi connectivity index (χ4v) is 3.19. The van der Waals surface area contributed by atoms with E-state index in [4.69, 9.17) is 9.84 Å². The van der Waals surface area contributed by atoms with Gasteiger partial charge in [0, 0.05) is 5.56 Å². The Kier molecular flexibility index (Phi) is 5.14. The van der Waals surface area contributed by atoms with Crippen LogP contribution in [0.1, 0.15) is 37.9 Å². The summed E-state index contributed by atoms with van der Waals surface area (Å²) < 4.78 is 7.15. The summed E-state index contributed by atoms with van der Waals surface area (Å²) in [6, 6.07) is 18.1. The maximum Gasteiger partial charge on any atom is 0.119 e. The fraction of sp³-hybridized carbons (Fsp3) is 0.318. The maximum atomic E-state index is 10.9.